The van der Waals surface area contributed by atoms with Gasteiger partial charge in [-0.05, 0) is 24.3 Å². The lowest BCUT2D eigenvalue weighted by Crippen LogP contribution is -1.94. The van der Waals surface area contributed by atoms with Crippen LogP contribution in [0.1, 0.15) is 0 Å². The molecule has 0 amide bonds. The third kappa shape index (κ3) is 3.16. The lowest BCUT2D eigenvalue weighted by atomic mass is 10.2. The standard InChI is InChI=1S/C18H17N3O4/c1-23-15-9-11(10-16(24-2)18(15)25-3)20-21-13-6-7-14(22)17-12(13)5-4-8-19-17/h4-10,22H,1-3H3/b21-20+. The Balaban J connectivity index is 2.04. The summed E-state index contributed by atoms with van der Waals surface area (Å²) >= 11 is 0. The summed E-state index contributed by atoms with van der Waals surface area (Å²) in [6.45, 7) is 0. The van der Waals surface area contributed by atoms with E-state index in [2.05, 4.69) is 15.2 Å². The monoisotopic (exact) mass is 339 g/mol. The van der Waals surface area contributed by atoms with E-state index < -0.39 is 0 Å². The lowest BCUT2D eigenvalue weighted by molar-refractivity contribution is 0.324. The number of pyridine rings is 1. The first-order valence-electron chi connectivity index (χ1n) is 7.46. The third-order valence-corrected chi connectivity index (χ3v) is 3.65. The van der Waals surface area contributed by atoms with Gasteiger partial charge in [0.05, 0.1) is 32.7 Å². The molecule has 0 unspecified atom stereocenters. The second-order valence-corrected chi connectivity index (χ2v) is 5.09. The predicted octanol–water partition coefficient (Wildman–Crippen LogP) is 4.38. The van der Waals surface area contributed by atoms with Crippen LogP contribution in [0.2, 0.25) is 0 Å². The van der Waals surface area contributed by atoms with Crippen LogP contribution in [0.4, 0.5) is 11.4 Å². The molecule has 0 radical (unpaired) electrons. The maximum absolute atomic E-state index is 9.89. The fourth-order valence-electron chi connectivity index (χ4n) is 2.47. The van der Waals surface area contributed by atoms with Crippen LogP contribution in [0.25, 0.3) is 10.9 Å². The highest BCUT2D eigenvalue weighted by atomic mass is 16.5. The van der Waals surface area contributed by atoms with Crippen LogP contribution in [0, 0.1) is 0 Å². The number of nitrogens with zero attached hydrogens (tertiary/aromatic N) is 3. The summed E-state index contributed by atoms with van der Waals surface area (Å²) in [6, 6.07) is 10.2. The summed E-state index contributed by atoms with van der Waals surface area (Å²) in [6.07, 6.45) is 1.61. The molecule has 0 atom stereocenters. The van der Waals surface area contributed by atoms with Gasteiger partial charge in [-0.15, -0.1) is 5.11 Å². The van der Waals surface area contributed by atoms with Crippen molar-refractivity contribution in [2.75, 3.05) is 21.3 Å². The minimum absolute atomic E-state index is 0.0994. The maximum Gasteiger partial charge on any atom is 0.203 e. The van der Waals surface area contributed by atoms with Crippen molar-refractivity contribution >= 4 is 22.3 Å². The molecule has 7 nitrogen and oxygen atoms in total. The second-order valence-electron chi connectivity index (χ2n) is 5.09. The number of hydrogen-bond donors (Lipinski definition) is 1. The van der Waals surface area contributed by atoms with Crippen molar-refractivity contribution in [3.63, 3.8) is 0 Å². The number of methoxy groups -OCH3 is 3. The summed E-state index contributed by atoms with van der Waals surface area (Å²) in [5.74, 6) is 1.58. The lowest BCUT2D eigenvalue weighted by Gasteiger charge is -2.12. The molecule has 128 valence electrons. The molecule has 3 rings (SSSR count). The van der Waals surface area contributed by atoms with Crippen LogP contribution in [0.5, 0.6) is 23.0 Å². The van der Waals surface area contributed by atoms with Gasteiger partial charge < -0.3 is 19.3 Å². The van der Waals surface area contributed by atoms with Crippen LogP contribution in [0.15, 0.2) is 52.8 Å². The topological polar surface area (TPSA) is 85.5 Å². The highest BCUT2D eigenvalue weighted by molar-refractivity contribution is 5.93. The van der Waals surface area contributed by atoms with Crippen molar-refractivity contribution in [1.82, 2.24) is 4.98 Å². The van der Waals surface area contributed by atoms with Crippen molar-refractivity contribution < 1.29 is 19.3 Å². The van der Waals surface area contributed by atoms with Gasteiger partial charge in [0.2, 0.25) is 5.75 Å². The summed E-state index contributed by atoms with van der Waals surface area (Å²) in [4.78, 5) is 4.17. The zero-order valence-electron chi connectivity index (χ0n) is 14.1. The van der Waals surface area contributed by atoms with Crippen molar-refractivity contribution in [3.05, 3.63) is 42.6 Å². The van der Waals surface area contributed by atoms with E-state index in [1.54, 1.807) is 36.5 Å². The number of benzene rings is 2. The van der Waals surface area contributed by atoms with E-state index in [1.165, 1.54) is 21.3 Å². The second kappa shape index (κ2) is 7.04. The minimum atomic E-state index is 0.0994. The molecule has 0 spiro atoms. The van der Waals surface area contributed by atoms with Crippen LogP contribution >= 0.6 is 0 Å². The molecule has 3 aromatic rings. The Labute approximate surface area is 144 Å². The van der Waals surface area contributed by atoms with Gasteiger partial charge in [0.1, 0.15) is 11.3 Å². The number of rotatable bonds is 5. The zero-order valence-corrected chi connectivity index (χ0v) is 14.1. The molecule has 0 aliphatic heterocycles. The van der Waals surface area contributed by atoms with Gasteiger partial charge in [0.15, 0.2) is 11.5 Å². The van der Waals surface area contributed by atoms with Gasteiger partial charge in [-0.3, -0.25) is 4.98 Å². The van der Waals surface area contributed by atoms with E-state index in [0.29, 0.717) is 39.5 Å². The molecule has 0 saturated heterocycles. The molecule has 0 fully saturated rings. The van der Waals surface area contributed by atoms with Crippen molar-refractivity contribution in [2.45, 2.75) is 0 Å². The zero-order chi connectivity index (χ0) is 17.8. The van der Waals surface area contributed by atoms with Crippen molar-refractivity contribution in [3.8, 4) is 23.0 Å². The van der Waals surface area contributed by atoms with Crippen LogP contribution in [-0.4, -0.2) is 31.4 Å². The molecular weight excluding hydrogens is 322 g/mol. The molecule has 1 heterocycles. The van der Waals surface area contributed by atoms with E-state index in [1.807, 2.05) is 6.07 Å². The number of ether oxygens (including phenoxy) is 3. The maximum atomic E-state index is 9.89. The van der Waals surface area contributed by atoms with Crippen molar-refractivity contribution in [1.29, 1.82) is 0 Å². The van der Waals surface area contributed by atoms with Crippen LogP contribution < -0.4 is 14.2 Å². The van der Waals surface area contributed by atoms with Gasteiger partial charge in [-0.2, -0.15) is 5.11 Å². The van der Waals surface area contributed by atoms with Gasteiger partial charge in [-0.1, -0.05) is 0 Å². The van der Waals surface area contributed by atoms with E-state index in [0.717, 1.165) is 0 Å². The molecule has 0 aliphatic carbocycles. The molecule has 7 heteroatoms. The van der Waals surface area contributed by atoms with E-state index in [9.17, 15) is 5.11 Å². The number of fused-ring (bicyclic) bond motifs is 1. The Morgan fingerprint density at radius 1 is 0.920 bits per heavy atom. The fraction of sp³-hybridized carbons (Fsp3) is 0.167. The Bertz CT molecular complexity index is 916. The quantitative estimate of drug-likeness (QED) is 0.697. The Morgan fingerprint density at radius 2 is 1.64 bits per heavy atom. The number of aromatic hydroxyl groups is 1. The van der Waals surface area contributed by atoms with E-state index >= 15 is 0 Å². The fourth-order valence-corrected chi connectivity index (χ4v) is 2.47. The van der Waals surface area contributed by atoms with Crippen LogP contribution in [0.3, 0.4) is 0 Å². The first-order valence-corrected chi connectivity index (χ1v) is 7.46. The van der Waals surface area contributed by atoms with Crippen molar-refractivity contribution in [2.24, 2.45) is 10.2 Å². The predicted molar refractivity (Wildman–Crippen MR) is 93.7 cm³/mol. The average Bonchev–Trinajstić information content (AvgIpc) is 2.66. The summed E-state index contributed by atoms with van der Waals surface area (Å²) < 4.78 is 15.9. The smallest absolute Gasteiger partial charge is 0.203 e. The molecule has 2 aromatic carbocycles. The van der Waals surface area contributed by atoms with E-state index in [-0.39, 0.29) is 5.75 Å². The Morgan fingerprint density at radius 3 is 2.28 bits per heavy atom. The van der Waals surface area contributed by atoms with E-state index in [4.69, 9.17) is 14.2 Å². The molecular formula is C18H17N3O4. The first-order chi connectivity index (χ1) is 12.2. The van der Waals surface area contributed by atoms with Gasteiger partial charge in [0, 0.05) is 23.7 Å². The number of hydrogen-bond acceptors (Lipinski definition) is 7. The molecule has 0 saturated carbocycles. The molecule has 0 bridgehead atoms. The number of phenolic OH excluding ortho intramolecular Hbond substituents is 1. The normalized spacial score (nSPS) is 11.0. The molecule has 1 N–H and O–H groups in total. The summed E-state index contributed by atoms with van der Waals surface area (Å²) in [7, 11) is 4.62. The van der Waals surface area contributed by atoms with Gasteiger partial charge in [-0.25, -0.2) is 0 Å². The largest absolute Gasteiger partial charge is 0.506 e. The summed E-state index contributed by atoms with van der Waals surface area (Å²) in [5.41, 5.74) is 1.61. The molecule has 1 aromatic heterocycles. The first kappa shape index (κ1) is 16.5. The highest BCUT2D eigenvalue weighted by Gasteiger charge is 2.13. The van der Waals surface area contributed by atoms with Crippen LogP contribution in [-0.2, 0) is 0 Å². The molecule has 0 aliphatic rings. The Kier molecular flexibility index (Phi) is 4.65. The third-order valence-electron chi connectivity index (χ3n) is 3.65. The van der Waals surface area contributed by atoms with Gasteiger partial charge in [0.25, 0.3) is 0 Å². The number of aromatic nitrogens is 1. The highest BCUT2D eigenvalue weighted by Crippen LogP contribution is 2.41. The average molecular weight is 339 g/mol. The Hall–Kier alpha value is -3.35. The minimum Gasteiger partial charge on any atom is -0.506 e. The SMILES string of the molecule is COc1cc(/N=N/c2ccc(O)c3ncccc23)cc(OC)c1OC. The van der Waals surface area contributed by atoms with Gasteiger partial charge >= 0.3 is 0 Å². The number of azo groups is 1. The number of phenols is 1. The molecule has 25 heavy (non-hydrogen) atoms. The summed E-state index contributed by atoms with van der Waals surface area (Å²) in [5, 5.41) is 19.1.